The molecule has 94 valence electrons. The maximum absolute atomic E-state index is 11.3. The molecule has 0 amide bonds. The minimum atomic E-state index is -0.942. The minimum absolute atomic E-state index is 0.000636. The van der Waals surface area contributed by atoms with Gasteiger partial charge in [0.05, 0.1) is 6.10 Å². The van der Waals surface area contributed by atoms with Crippen molar-refractivity contribution in [3.63, 3.8) is 0 Å². The SMILES string of the molecule is CNCC(O)C(O)c1ccc(C(C)=O)c(C)c1. The number of carbonyl (C=O) groups is 1. The molecule has 0 fully saturated rings. The summed E-state index contributed by atoms with van der Waals surface area (Å²) in [4.78, 5) is 11.3. The lowest BCUT2D eigenvalue weighted by molar-refractivity contribution is 0.0202. The summed E-state index contributed by atoms with van der Waals surface area (Å²) in [5.41, 5.74) is 2.07. The van der Waals surface area contributed by atoms with E-state index in [1.54, 1.807) is 25.2 Å². The molecule has 0 aliphatic carbocycles. The first-order chi connectivity index (χ1) is 7.97. The van der Waals surface area contributed by atoms with Gasteiger partial charge in [0, 0.05) is 12.1 Å². The van der Waals surface area contributed by atoms with E-state index in [-0.39, 0.29) is 5.78 Å². The smallest absolute Gasteiger partial charge is 0.160 e. The van der Waals surface area contributed by atoms with Gasteiger partial charge in [-0.2, -0.15) is 0 Å². The Kier molecular flexibility index (Phi) is 4.81. The van der Waals surface area contributed by atoms with E-state index in [9.17, 15) is 15.0 Å². The highest BCUT2D eigenvalue weighted by molar-refractivity contribution is 5.95. The summed E-state index contributed by atoms with van der Waals surface area (Å²) in [7, 11) is 1.71. The molecular formula is C13H19NO3. The van der Waals surface area contributed by atoms with Crippen molar-refractivity contribution < 1.29 is 15.0 Å². The number of hydrogen-bond donors (Lipinski definition) is 3. The van der Waals surface area contributed by atoms with Crippen molar-refractivity contribution >= 4 is 5.78 Å². The molecule has 0 spiro atoms. The van der Waals surface area contributed by atoms with E-state index in [4.69, 9.17) is 0 Å². The molecular weight excluding hydrogens is 218 g/mol. The van der Waals surface area contributed by atoms with Crippen LogP contribution in [0, 0.1) is 6.92 Å². The molecule has 0 saturated heterocycles. The molecule has 0 bridgehead atoms. The Morgan fingerprint density at radius 3 is 2.53 bits per heavy atom. The molecule has 4 nitrogen and oxygen atoms in total. The van der Waals surface area contributed by atoms with Gasteiger partial charge < -0.3 is 15.5 Å². The molecule has 0 saturated carbocycles. The average molecular weight is 237 g/mol. The quantitative estimate of drug-likeness (QED) is 0.663. The summed E-state index contributed by atoms with van der Waals surface area (Å²) >= 11 is 0. The Hall–Kier alpha value is -1.23. The summed E-state index contributed by atoms with van der Waals surface area (Å²) in [6, 6.07) is 5.09. The Balaban J connectivity index is 2.93. The largest absolute Gasteiger partial charge is 0.389 e. The molecule has 0 aliphatic rings. The first-order valence-electron chi connectivity index (χ1n) is 5.59. The molecule has 4 heteroatoms. The van der Waals surface area contributed by atoms with E-state index >= 15 is 0 Å². The number of aliphatic hydroxyl groups excluding tert-OH is 2. The van der Waals surface area contributed by atoms with Crippen molar-refractivity contribution in [2.24, 2.45) is 0 Å². The third kappa shape index (κ3) is 3.36. The zero-order valence-corrected chi connectivity index (χ0v) is 10.4. The number of nitrogens with one attached hydrogen (secondary N) is 1. The van der Waals surface area contributed by atoms with Gasteiger partial charge in [0.25, 0.3) is 0 Å². The van der Waals surface area contributed by atoms with Gasteiger partial charge in [0.1, 0.15) is 6.10 Å². The lowest BCUT2D eigenvalue weighted by Gasteiger charge is -2.18. The highest BCUT2D eigenvalue weighted by Crippen LogP contribution is 2.20. The fourth-order valence-electron chi connectivity index (χ4n) is 1.81. The third-order valence-electron chi connectivity index (χ3n) is 2.75. The number of ketones is 1. The van der Waals surface area contributed by atoms with E-state index in [0.717, 1.165) is 5.56 Å². The molecule has 2 atom stereocenters. The van der Waals surface area contributed by atoms with Crippen molar-refractivity contribution in [3.8, 4) is 0 Å². The zero-order valence-electron chi connectivity index (χ0n) is 10.4. The Bertz CT molecular complexity index is 404. The summed E-state index contributed by atoms with van der Waals surface area (Å²) < 4.78 is 0. The number of aryl methyl sites for hydroxylation is 1. The number of carbonyl (C=O) groups excluding carboxylic acids is 1. The van der Waals surface area contributed by atoms with Crippen LogP contribution in [0.5, 0.6) is 0 Å². The molecule has 0 radical (unpaired) electrons. The average Bonchev–Trinajstić information content (AvgIpc) is 2.27. The van der Waals surface area contributed by atoms with E-state index in [2.05, 4.69) is 5.32 Å². The fraction of sp³-hybridized carbons (Fsp3) is 0.462. The zero-order chi connectivity index (χ0) is 13.0. The fourth-order valence-corrected chi connectivity index (χ4v) is 1.81. The maximum atomic E-state index is 11.3. The van der Waals surface area contributed by atoms with Gasteiger partial charge in [0.15, 0.2) is 5.78 Å². The van der Waals surface area contributed by atoms with Crippen LogP contribution >= 0.6 is 0 Å². The van der Waals surface area contributed by atoms with Crippen molar-refractivity contribution in [2.75, 3.05) is 13.6 Å². The van der Waals surface area contributed by atoms with Crippen LogP contribution in [0.1, 0.15) is 34.5 Å². The van der Waals surface area contributed by atoms with E-state index in [1.807, 2.05) is 6.92 Å². The second-order valence-corrected chi connectivity index (χ2v) is 4.20. The third-order valence-corrected chi connectivity index (χ3v) is 2.75. The Morgan fingerprint density at radius 1 is 1.41 bits per heavy atom. The van der Waals surface area contributed by atoms with Crippen molar-refractivity contribution in [3.05, 3.63) is 34.9 Å². The monoisotopic (exact) mass is 237 g/mol. The number of aliphatic hydroxyl groups is 2. The van der Waals surface area contributed by atoms with Crippen LogP contribution in [0.4, 0.5) is 0 Å². The standard InChI is InChI=1S/C13H19NO3/c1-8-6-10(4-5-11(8)9(2)15)13(17)12(16)7-14-3/h4-6,12-14,16-17H,7H2,1-3H3. The van der Waals surface area contributed by atoms with Crippen LogP contribution in [0.15, 0.2) is 18.2 Å². The lowest BCUT2D eigenvalue weighted by Crippen LogP contribution is -2.29. The normalized spacial score (nSPS) is 14.4. The summed E-state index contributed by atoms with van der Waals surface area (Å²) in [5, 5.41) is 22.4. The molecule has 3 N–H and O–H groups in total. The van der Waals surface area contributed by atoms with Gasteiger partial charge in [-0.25, -0.2) is 0 Å². The molecule has 0 aliphatic heterocycles. The van der Waals surface area contributed by atoms with E-state index in [0.29, 0.717) is 17.7 Å². The number of benzene rings is 1. The second-order valence-electron chi connectivity index (χ2n) is 4.20. The molecule has 1 aromatic rings. The van der Waals surface area contributed by atoms with Gasteiger partial charge in [-0.1, -0.05) is 18.2 Å². The predicted molar refractivity (Wildman–Crippen MR) is 66.1 cm³/mol. The maximum Gasteiger partial charge on any atom is 0.160 e. The van der Waals surface area contributed by atoms with Crippen LogP contribution < -0.4 is 5.32 Å². The molecule has 17 heavy (non-hydrogen) atoms. The van der Waals surface area contributed by atoms with Crippen LogP contribution in [-0.4, -0.2) is 35.7 Å². The topological polar surface area (TPSA) is 69.6 Å². The van der Waals surface area contributed by atoms with E-state index < -0.39 is 12.2 Å². The van der Waals surface area contributed by atoms with Crippen LogP contribution in [0.3, 0.4) is 0 Å². The van der Waals surface area contributed by atoms with Gasteiger partial charge in [-0.3, -0.25) is 4.79 Å². The first-order valence-corrected chi connectivity index (χ1v) is 5.59. The van der Waals surface area contributed by atoms with Crippen molar-refractivity contribution in [1.82, 2.24) is 5.32 Å². The van der Waals surface area contributed by atoms with Crippen molar-refractivity contribution in [1.29, 1.82) is 0 Å². The summed E-state index contributed by atoms with van der Waals surface area (Å²) in [6.07, 6.45) is -1.80. The van der Waals surface area contributed by atoms with Gasteiger partial charge in [0.2, 0.25) is 0 Å². The molecule has 0 aromatic heterocycles. The second kappa shape index (κ2) is 5.91. The van der Waals surface area contributed by atoms with Crippen LogP contribution in [-0.2, 0) is 0 Å². The number of Topliss-reactive ketones (excluding diaryl/α,β-unsaturated/α-hetero) is 1. The molecule has 1 aromatic carbocycles. The molecule has 2 unspecified atom stereocenters. The lowest BCUT2D eigenvalue weighted by atomic mass is 9.97. The number of hydrogen-bond acceptors (Lipinski definition) is 4. The predicted octanol–water partition coefficient (Wildman–Crippen LogP) is 0.811. The summed E-state index contributed by atoms with van der Waals surface area (Å²) in [6.45, 7) is 3.64. The highest BCUT2D eigenvalue weighted by Gasteiger charge is 2.18. The summed E-state index contributed by atoms with van der Waals surface area (Å²) in [5.74, 6) is -0.000636. The van der Waals surface area contributed by atoms with Crippen molar-refractivity contribution in [2.45, 2.75) is 26.1 Å². The minimum Gasteiger partial charge on any atom is -0.389 e. The molecule has 0 heterocycles. The van der Waals surface area contributed by atoms with E-state index in [1.165, 1.54) is 6.92 Å². The Morgan fingerprint density at radius 2 is 2.06 bits per heavy atom. The van der Waals surface area contributed by atoms with Gasteiger partial charge >= 0.3 is 0 Å². The first kappa shape index (κ1) is 13.8. The number of rotatable bonds is 5. The Labute approximate surface area is 101 Å². The van der Waals surface area contributed by atoms with Crippen LogP contribution in [0.2, 0.25) is 0 Å². The van der Waals surface area contributed by atoms with Crippen LogP contribution in [0.25, 0.3) is 0 Å². The highest BCUT2D eigenvalue weighted by atomic mass is 16.3. The number of likely N-dealkylation sites (N-methyl/N-ethyl adjacent to an activating group) is 1. The van der Waals surface area contributed by atoms with Gasteiger partial charge in [-0.15, -0.1) is 0 Å². The molecule has 1 rings (SSSR count). The van der Waals surface area contributed by atoms with Gasteiger partial charge in [-0.05, 0) is 32.0 Å².